The van der Waals surface area contributed by atoms with E-state index in [0.29, 0.717) is 29.9 Å². The van der Waals surface area contributed by atoms with Crippen LogP contribution in [0.3, 0.4) is 0 Å². The van der Waals surface area contributed by atoms with Crippen LogP contribution in [-0.4, -0.2) is 37.3 Å². The van der Waals surface area contributed by atoms with Crippen molar-refractivity contribution in [3.8, 4) is 5.75 Å². The van der Waals surface area contributed by atoms with Crippen molar-refractivity contribution >= 4 is 17.8 Å². The van der Waals surface area contributed by atoms with Crippen LogP contribution < -0.4 is 4.74 Å². The van der Waals surface area contributed by atoms with E-state index in [0.717, 1.165) is 11.1 Å². The molecule has 0 atom stereocenters. The molecule has 0 radical (unpaired) electrons. The molecule has 4 heteroatoms. The Bertz CT molecular complexity index is 851. The fraction of sp³-hybridized carbons (Fsp3) is 0.217. The fourth-order valence-corrected chi connectivity index (χ4v) is 2.68. The van der Waals surface area contributed by atoms with Crippen molar-refractivity contribution in [3.63, 3.8) is 0 Å². The molecule has 0 aliphatic rings. The lowest BCUT2D eigenvalue weighted by Crippen LogP contribution is -2.23. The van der Waals surface area contributed by atoms with E-state index in [9.17, 15) is 9.59 Å². The second kappa shape index (κ2) is 9.53. The van der Waals surface area contributed by atoms with Crippen molar-refractivity contribution in [2.45, 2.75) is 13.3 Å². The Balaban J connectivity index is 2.46. The van der Waals surface area contributed by atoms with Crippen LogP contribution in [0, 0.1) is 0 Å². The second-order valence-electron chi connectivity index (χ2n) is 6.24. The monoisotopic (exact) mass is 363 g/mol. The van der Waals surface area contributed by atoms with Crippen LogP contribution in [0.25, 0.3) is 6.08 Å². The van der Waals surface area contributed by atoms with E-state index in [4.69, 9.17) is 4.74 Å². The van der Waals surface area contributed by atoms with Gasteiger partial charge in [-0.25, -0.2) is 0 Å². The molecule has 0 saturated heterocycles. The maximum absolute atomic E-state index is 12.5. The molecular formula is C23H25NO3. The van der Waals surface area contributed by atoms with Crippen molar-refractivity contribution < 1.29 is 14.3 Å². The zero-order chi connectivity index (χ0) is 19.8. The number of hydrogen-bond donors (Lipinski definition) is 0. The molecule has 0 aliphatic carbocycles. The minimum Gasteiger partial charge on any atom is -0.493 e. The highest BCUT2D eigenvalue weighted by Gasteiger charge is 2.16. The molecule has 0 aromatic heterocycles. The maximum Gasteiger partial charge on any atom is 0.253 e. The number of allylic oxidation sites excluding steroid dienone is 2. The standard InChI is InChI=1S/C23H25NO3/c1-5-10-18-15-19(13-14-21(25)17-11-8-7-9-12-17)22(27-6-2)16-20(18)23(26)24(3)4/h5,7-9,11-16H,1,6,10H2,2-4H3. The first-order valence-corrected chi connectivity index (χ1v) is 8.87. The average molecular weight is 363 g/mol. The molecule has 0 N–H and O–H groups in total. The summed E-state index contributed by atoms with van der Waals surface area (Å²) in [7, 11) is 3.43. The number of carbonyl (C=O) groups excluding carboxylic acids is 2. The van der Waals surface area contributed by atoms with Gasteiger partial charge in [0.1, 0.15) is 5.75 Å². The predicted molar refractivity (Wildman–Crippen MR) is 109 cm³/mol. The van der Waals surface area contributed by atoms with Crippen LogP contribution in [0.1, 0.15) is 38.8 Å². The molecule has 0 unspecified atom stereocenters. The number of nitrogens with zero attached hydrogens (tertiary/aromatic N) is 1. The molecule has 2 aromatic rings. The van der Waals surface area contributed by atoms with Gasteiger partial charge >= 0.3 is 0 Å². The van der Waals surface area contributed by atoms with E-state index in [1.54, 1.807) is 44.4 Å². The Hall–Kier alpha value is -3.14. The number of ketones is 1. The van der Waals surface area contributed by atoms with Crippen molar-refractivity contribution in [2.24, 2.45) is 0 Å². The zero-order valence-corrected chi connectivity index (χ0v) is 16.1. The van der Waals surface area contributed by atoms with Gasteiger partial charge in [0.25, 0.3) is 5.91 Å². The highest BCUT2D eigenvalue weighted by molar-refractivity contribution is 6.07. The summed E-state index contributed by atoms with van der Waals surface area (Å²) in [6, 6.07) is 12.7. The molecule has 2 rings (SSSR count). The largest absolute Gasteiger partial charge is 0.493 e. The van der Waals surface area contributed by atoms with Crippen LogP contribution in [-0.2, 0) is 6.42 Å². The molecular weight excluding hydrogens is 338 g/mol. The summed E-state index contributed by atoms with van der Waals surface area (Å²) in [4.78, 5) is 26.4. The summed E-state index contributed by atoms with van der Waals surface area (Å²) in [5.74, 6) is 0.396. The molecule has 0 saturated carbocycles. The Morgan fingerprint density at radius 3 is 2.44 bits per heavy atom. The second-order valence-corrected chi connectivity index (χ2v) is 6.24. The van der Waals surface area contributed by atoms with Crippen molar-refractivity contribution in [1.82, 2.24) is 4.90 Å². The van der Waals surface area contributed by atoms with Crippen LogP contribution in [0.4, 0.5) is 0 Å². The van der Waals surface area contributed by atoms with Crippen LogP contribution >= 0.6 is 0 Å². The molecule has 0 spiro atoms. The van der Waals surface area contributed by atoms with Gasteiger partial charge in [-0.1, -0.05) is 36.4 Å². The van der Waals surface area contributed by atoms with Crippen LogP contribution in [0.15, 0.2) is 61.2 Å². The first kappa shape index (κ1) is 20.2. The van der Waals surface area contributed by atoms with Gasteiger partial charge in [0.05, 0.1) is 6.61 Å². The van der Waals surface area contributed by atoms with E-state index in [1.165, 1.54) is 11.0 Å². The first-order chi connectivity index (χ1) is 13.0. The molecule has 0 bridgehead atoms. The quantitative estimate of drug-likeness (QED) is 0.396. The Kier molecular flexibility index (Phi) is 7.12. The van der Waals surface area contributed by atoms with Gasteiger partial charge in [0.15, 0.2) is 5.78 Å². The molecule has 0 aliphatic heterocycles. The summed E-state index contributed by atoms with van der Waals surface area (Å²) in [6.07, 6.45) is 5.56. The summed E-state index contributed by atoms with van der Waals surface area (Å²) in [5, 5.41) is 0. The first-order valence-electron chi connectivity index (χ1n) is 8.87. The molecule has 0 fully saturated rings. The third kappa shape index (κ3) is 5.17. The van der Waals surface area contributed by atoms with Crippen LogP contribution in [0.2, 0.25) is 0 Å². The normalized spacial score (nSPS) is 10.6. The van der Waals surface area contributed by atoms with Crippen molar-refractivity contribution in [2.75, 3.05) is 20.7 Å². The molecule has 2 aromatic carbocycles. The van der Waals surface area contributed by atoms with E-state index in [2.05, 4.69) is 6.58 Å². The summed E-state index contributed by atoms with van der Waals surface area (Å²) in [6.45, 7) is 6.12. The molecule has 4 nitrogen and oxygen atoms in total. The lowest BCUT2D eigenvalue weighted by molar-refractivity contribution is 0.0826. The lowest BCUT2D eigenvalue weighted by atomic mass is 9.98. The number of rotatable bonds is 8. The Morgan fingerprint density at radius 1 is 1.15 bits per heavy atom. The number of amides is 1. The van der Waals surface area contributed by atoms with E-state index >= 15 is 0 Å². The summed E-state index contributed by atoms with van der Waals surface area (Å²) in [5.41, 5.74) is 2.81. The fourth-order valence-electron chi connectivity index (χ4n) is 2.68. The van der Waals surface area contributed by atoms with E-state index in [1.807, 2.05) is 31.2 Å². The average Bonchev–Trinajstić information content (AvgIpc) is 2.67. The van der Waals surface area contributed by atoms with Gasteiger partial charge < -0.3 is 9.64 Å². The Labute approximate surface area is 160 Å². The maximum atomic E-state index is 12.5. The molecule has 140 valence electrons. The third-order valence-corrected chi connectivity index (χ3v) is 4.01. The third-order valence-electron chi connectivity index (χ3n) is 4.01. The number of carbonyl (C=O) groups is 2. The predicted octanol–water partition coefficient (Wildman–Crippen LogP) is 4.41. The van der Waals surface area contributed by atoms with Crippen LogP contribution in [0.5, 0.6) is 5.75 Å². The SMILES string of the molecule is C=CCc1cc(C=CC(=O)c2ccccc2)c(OCC)cc1C(=O)N(C)C. The van der Waals surface area contributed by atoms with E-state index in [-0.39, 0.29) is 11.7 Å². The smallest absolute Gasteiger partial charge is 0.253 e. The van der Waals surface area contributed by atoms with Gasteiger partial charge in [-0.05, 0) is 43.2 Å². The van der Waals surface area contributed by atoms with Gasteiger partial charge in [-0.2, -0.15) is 0 Å². The number of hydrogen-bond acceptors (Lipinski definition) is 3. The zero-order valence-electron chi connectivity index (χ0n) is 16.1. The molecule has 1 amide bonds. The number of ether oxygens (including phenoxy) is 1. The molecule has 0 heterocycles. The lowest BCUT2D eigenvalue weighted by Gasteiger charge is -2.17. The van der Waals surface area contributed by atoms with E-state index < -0.39 is 0 Å². The highest BCUT2D eigenvalue weighted by Crippen LogP contribution is 2.27. The number of benzene rings is 2. The topological polar surface area (TPSA) is 46.6 Å². The molecule has 27 heavy (non-hydrogen) atoms. The van der Waals surface area contributed by atoms with Crippen molar-refractivity contribution in [1.29, 1.82) is 0 Å². The minimum atomic E-state index is -0.0938. The van der Waals surface area contributed by atoms with Gasteiger partial charge in [-0.3, -0.25) is 9.59 Å². The highest BCUT2D eigenvalue weighted by atomic mass is 16.5. The van der Waals surface area contributed by atoms with Gasteiger partial charge in [0, 0.05) is 30.8 Å². The Morgan fingerprint density at radius 2 is 1.85 bits per heavy atom. The summed E-state index contributed by atoms with van der Waals surface area (Å²) < 4.78 is 5.72. The summed E-state index contributed by atoms with van der Waals surface area (Å²) >= 11 is 0. The van der Waals surface area contributed by atoms with Gasteiger partial charge in [-0.15, -0.1) is 6.58 Å². The minimum absolute atomic E-state index is 0.0863. The van der Waals surface area contributed by atoms with Crippen molar-refractivity contribution in [3.05, 3.63) is 83.4 Å². The van der Waals surface area contributed by atoms with Gasteiger partial charge in [0.2, 0.25) is 0 Å².